The lowest BCUT2D eigenvalue weighted by Gasteiger charge is -2.26. The molecule has 0 spiro atoms. The van der Waals surface area contributed by atoms with Gasteiger partial charge in [-0.25, -0.2) is 0 Å². The average Bonchev–Trinajstić information content (AvgIpc) is 2.11. The first-order chi connectivity index (χ1) is 4.50. The highest BCUT2D eigenvalue weighted by Crippen LogP contribution is 2.41. The van der Waals surface area contributed by atoms with Crippen LogP contribution in [0.3, 0.4) is 0 Å². The van der Waals surface area contributed by atoms with Crippen molar-refractivity contribution in [1.29, 1.82) is 0 Å². The third-order valence-electron chi connectivity index (χ3n) is 2.70. The molecule has 0 aromatic heterocycles. The van der Waals surface area contributed by atoms with Crippen LogP contribution >= 0.6 is 9.24 Å². The molecule has 1 heteroatoms. The topological polar surface area (TPSA) is 0 Å². The van der Waals surface area contributed by atoms with E-state index in [1.807, 2.05) is 0 Å². The van der Waals surface area contributed by atoms with Gasteiger partial charge in [0.2, 0.25) is 0 Å². The highest BCUT2D eigenvalue weighted by Gasteiger charge is 2.30. The van der Waals surface area contributed by atoms with E-state index in [9.17, 15) is 0 Å². The van der Waals surface area contributed by atoms with Gasteiger partial charge in [0.05, 0.1) is 0 Å². The van der Waals surface area contributed by atoms with Gasteiger partial charge >= 0.3 is 0 Å². The zero-order chi connectivity index (χ0) is 7.78. The monoisotopic (exact) mass is 158 g/mol. The SMILES string of the molecule is CC(C)(C)C1CCC(P)C1. The second-order valence-electron chi connectivity index (χ2n) is 4.64. The van der Waals surface area contributed by atoms with Crippen LogP contribution in [0, 0.1) is 11.3 Å². The van der Waals surface area contributed by atoms with Gasteiger partial charge in [0, 0.05) is 0 Å². The smallest absolute Gasteiger partial charge is 0.0261 e. The zero-order valence-electron chi connectivity index (χ0n) is 7.35. The highest BCUT2D eigenvalue weighted by atomic mass is 31.0. The molecule has 1 aliphatic rings. The van der Waals surface area contributed by atoms with Gasteiger partial charge in [-0.3, -0.25) is 0 Å². The Bertz CT molecular complexity index is 112. The fourth-order valence-corrected chi connectivity index (χ4v) is 2.32. The Morgan fingerprint density at radius 3 is 2.00 bits per heavy atom. The minimum atomic E-state index is 0.547. The van der Waals surface area contributed by atoms with Gasteiger partial charge in [0.15, 0.2) is 0 Å². The van der Waals surface area contributed by atoms with Crippen molar-refractivity contribution < 1.29 is 0 Å². The fourth-order valence-electron chi connectivity index (χ4n) is 1.80. The van der Waals surface area contributed by atoms with E-state index in [1.54, 1.807) is 0 Å². The summed E-state index contributed by atoms with van der Waals surface area (Å²) in [6, 6.07) is 0. The number of rotatable bonds is 0. The molecule has 0 saturated heterocycles. The molecule has 0 aromatic rings. The van der Waals surface area contributed by atoms with Crippen molar-refractivity contribution in [2.75, 3.05) is 0 Å². The molecule has 0 aliphatic heterocycles. The third-order valence-corrected chi connectivity index (χ3v) is 3.30. The van der Waals surface area contributed by atoms with Crippen LogP contribution in [0.1, 0.15) is 40.0 Å². The molecule has 0 bridgehead atoms. The van der Waals surface area contributed by atoms with Crippen LogP contribution in [0.4, 0.5) is 0 Å². The first kappa shape index (κ1) is 8.53. The molecular weight excluding hydrogens is 139 g/mol. The molecule has 3 atom stereocenters. The number of hydrogen-bond acceptors (Lipinski definition) is 0. The van der Waals surface area contributed by atoms with Crippen molar-refractivity contribution in [2.24, 2.45) is 11.3 Å². The summed E-state index contributed by atoms with van der Waals surface area (Å²) in [5.74, 6) is 0.968. The minimum absolute atomic E-state index is 0.547. The van der Waals surface area contributed by atoms with Gasteiger partial charge in [-0.2, -0.15) is 0 Å². The molecule has 0 radical (unpaired) electrons. The molecule has 0 amide bonds. The largest absolute Gasteiger partial charge is 0.134 e. The molecule has 0 N–H and O–H groups in total. The van der Waals surface area contributed by atoms with E-state index in [2.05, 4.69) is 30.0 Å². The lowest BCUT2D eigenvalue weighted by Crippen LogP contribution is -2.17. The van der Waals surface area contributed by atoms with Gasteiger partial charge in [-0.1, -0.05) is 20.8 Å². The van der Waals surface area contributed by atoms with Crippen LogP contribution in [0.5, 0.6) is 0 Å². The standard InChI is InChI=1S/C9H19P/c1-9(2,3)7-4-5-8(10)6-7/h7-8H,4-6,10H2,1-3H3. The maximum absolute atomic E-state index is 2.95. The molecule has 0 aromatic carbocycles. The molecule has 60 valence electrons. The van der Waals surface area contributed by atoms with Crippen LogP contribution in [0.15, 0.2) is 0 Å². The summed E-state index contributed by atoms with van der Waals surface area (Å²) in [7, 11) is 2.95. The average molecular weight is 158 g/mol. The van der Waals surface area contributed by atoms with Gasteiger partial charge in [-0.05, 0) is 36.3 Å². The summed E-state index contributed by atoms with van der Waals surface area (Å²) in [6.45, 7) is 7.08. The Kier molecular flexibility index (Phi) is 2.40. The lowest BCUT2D eigenvalue weighted by atomic mass is 9.80. The van der Waals surface area contributed by atoms with E-state index >= 15 is 0 Å². The maximum Gasteiger partial charge on any atom is -0.0261 e. The van der Waals surface area contributed by atoms with Crippen molar-refractivity contribution in [3.05, 3.63) is 0 Å². The van der Waals surface area contributed by atoms with E-state index in [1.165, 1.54) is 19.3 Å². The first-order valence-corrected chi connectivity index (χ1v) is 4.92. The predicted octanol–water partition coefficient (Wildman–Crippen LogP) is 3.08. The molecule has 1 saturated carbocycles. The molecule has 0 heterocycles. The van der Waals surface area contributed by atoms with Crippen molar-refractivity contribution >= 4 is 9.24 Å². The Hall–Kier alpha value is 0.430. The summed E-state index contributed by atoms with van der Waals surface area (Å²) in [5.41, 5.74) is 1.45. The van der Waals surface area contributed by atoms with E-state index in [0.29, 0.717) is 5.41 Å². The van der Waals surface area contributed by atoms with Gasteiger partial charge in [0.1, 0.15) is 0 Å². The number of hydrogen-bond donors (Lipinski definition) is 0. The van der Waals surface area contributed by atoms with E-state index in [-0.39, 0.29) is 0 Å². The van der Waals surface area contributed by atoms with Crippen LogP contribution in [-0.4, -0.2) is 5.66 Å². The molecule has 0 nitrogen and oxygen atoms in total. The first-order valence-electron chi connectivity index (χ1n) is 4.26. The van der Waals surface area contributed by atoms with Crippen molar-refractivity contribution in [3.63, 3.8) is 0 Å². The summed E-state index contributed by atoms with van der Waals surface area (Å²) in [6.07, 6.45) is 4.29. The molecule has 1 aliphatic carbocycles. The normalized spacial score (nSPS) is 34.8. The molecule has 1 rings (SSSR count). The summed E-state index contributed by atoms with van der Waals surface area (Å²) in [5, 5.41) is 0. The maximum atomic E-state index is 2.95. The Morgan fingerprint density at radius 2 is 1.80 bits per heavy atom. The highest BCUT2D eigenvalue weighted by molar-refractivity contribution is 7.17. The quantitative estimate of drug-likeness (QED) is 0.475. The Balaban J connectivity index is 2.45. The van der Waals surface area contributed by atoms with Crippen molar-refractivity contribution in [3.8, 4) is 0 Å². The van der Waals surface area contributed by atoms with Crippen LogP contribution in [-0.2, 0) is 0 Å². The van der Waals surface area contributed by atoms with E-state index in [0.717, 1.165) is 11.6 Å². The third kappa shape index (κ3) is 1.95. The Morgan fingerprint density at radius 1 is 1.20 bits per heavy atom. The predicted molar refractivity (Wildman–Crippen MR) is 50.3 cm³/mol. The molecular formula is C9H19P. The summed E-state index contributed by atoms with van der Waals surface area (Å²) in [4.78, 5) is 0. The second-order valence-corrected chi connectivity index (χ2v) is 5.58. The summed E-state index contributed by atoms with van der Waals surface area (Å²) >= 11 is 0. The fraction of sp³-hybridized carbons (Fsp3) is 1.00. The van der Waals surface area contributed by atoms with Gasteiger partial charge in [-0.15, -0.1) is 9.24 Å². The van der Waals surface area contributed by atoms with E-state index in [4.69, 9.17) is 0 Å². The summed E-state index contributed by atoms with van der Waals surface area (Å²) < 4.78 is 0. The van der Waals surface area contributed by atoms with Crippen LogP contribution in [0.2, 0.25) is 0 Å². The van der Waals surface area contributed by atoms with Gasteiger partial charge < -0.3 is 0 Å². The van der Waals surface area contributed by atoms with Crippen molar-refractivity contribution in [1.82, 2.24) is 0 Å². The van der Waals surface area contributed by atoms with E-state index < -0.39 is 0 Å². The molecule has 10 heavy (non-hydrogen) atoms. The molecule has 3 unspecified atom stereocenters. The van der Waals surface area contributed by atoms with Crippen molar-refractivity contribution in [2.45, 2.75) is 45.7 Å². The Labute approximate surface area is 67.0 Å². The lowest BCUT2D eigenvalue weighted by molar-refractivity contribution is 0.247. The second kappa shape index (κ2) is 2.81. The minimum Gasteiger partial charge on any atom is -0.134 e. The zero-order valence-corrected chi connectivity index (χ0v) is 8.51. The van der Waals surface area contributed by atoms with Crippen LogP contribution < -0.4 is 0 Å². The van der Waals surface area contributed by atoms with Crippen LogP contribution in [0.25, 0.3) is 0 Å². The van der Waals surface area contributed by atoms with Gasteiger partial charge in [0.25, 0.3) is 0 Å². The molecule has 1 fully saturated rings.